The van der Waals surface area contributed by atoms with Crippen LogP contribution in [0.4, 0.5) is 5.82 Å². The van der Waals surface area contributed by atoms with Crippen molar-refractivity contribution in [3.63, 3.8) is 0 Å². The van der Waals surface area contributed by atoms with Gasteiger partial charge in [0.2, 0.25) is 5.91 Å². The van der Waals surface area contributed by atoms with Crippen molar-refractivity contribution in [2.24, 2.45) is 0 Å². The first kappa shape index (κ1) is 11.6. The summed E-state index contributed by atoms with van der Waals surface area (Å²) in [5.74, 6) is 1.09. The van der Waals surface area contributed by atoms with E-state index in [1.807, 2.05) is 22.6 Å². The van der Waals surface area contributed by atoms with Crippen LogP contribution in [0, 0.1) is 6.92 Å². The van der Waals surface area contributed by atoms with Gasteiger partial charge in [-0.3, -0.25) is 9.69 Å². The van der Waals surface area contributed by atoms with Crippen molar-refractivity contribution in [2.45, 2.75) is 38.1 Å². The number of carbonyl (C=O) groups excluding carboxylic acids is 1. The number of anilines is 1. The molecule has 1 amide bonds. The molecule has 2 heterocycles. The lowest BCUT2D eigenvalue weighted by atomic mass is 10.4. The average Bonchev–Trinajstić information content (AvgIpc) is 2.69. The Morgan fingerprint density at radius 1 is 1.56 bits per heavy atom. The number of hydrogen-bond acceptors (Lipinski definition) is 2. The van der Waals surface area contributed by atoms with Crippen LogP contribution in [0.5, 0.6) is 0 Å². The molecule has 1 aliphatic heterocycles. The molecule has 0 radical (unpaired) electrons. The highest BCUT2D eigenvalue weighted by Crippen LogP contribution is 2.27. The van der Waals surface area contributed by atoms with Gasteiger partial charge in [0.1, 0.15) is 5.82 Å². The van der Waals surface area contributed by atoms with E-state index in [9.17, 15) is 4.79 Å². The summed E-state index contributed by atoms with van der Waals surface area (Å²) in [5.41, 5.74) is 0.953. The molecule has 1 aromatic heterocycles. The summed E-state index contributed by atoms with van der Waals surface area (Å²) < 4.78 is 1.91. The number of hydrogen-bond donors (Lipinski definition) is 0. The van der Waals surface area contributed by atoms with Gasteiger partial charge in [-0.15, -0.1) is 0 Å². The Bertz CT molecular complexity index is 413. The van der Waals surface area contributed by atoms with E-state index < -0.39 is 0 Å². The Labute approximate surface area is 104 Å². The van der Waals surface area contributed by atoms with Gasteiger partial charge >= 0.3 is 0 Å². The zero-order valence-corrected chi connectivity index (χ0v) is 11.4. The lowest BCUT2D eigenvalue weighted by molar-refractivity contribution is -0.117. The van der Waals surface area contributed by atoms with E-state index in [2.05, 4.69) is 34.9 Å². The second-order valence-corrected chi connectivity index (χ2v) is 5.78. The number of aromatic nitrogens is 2. The maximum absolute atomic E-state index is 11.8. The predicted molar refractivity (Wildman–Crippen MR) is 67.0 cm³/mol. The molecule has 1 fully saturated rings. The quantitative estimate of drug-likeness (QED) is 0.782. The van der Waals surface area contributed by atoms with Crippen LogP contribution in [0.3, 0.4) is 0 Å². The Hall–Kier alpha value is -0.840. The third kappa shape index (κ3) is 2.00. The molecule has 5 heteroatoms. The molecular weight excluding hydrogens is 270 g/mol. The molecule has 1 atom stereocenters. The maximum atomic E-state index is 11.8. The van der Waals surface area contributed by atoms with Crippen molar-refractivity contribution < 1.29 is 4.79 Å². The second kappa shape index (κ2) is 4.20. The van der Waals surface area contributed by atoms with Gasteiger partial charge in [-0.25, -0.2) is 4.68 Å². The fourth-order valence-corrected chi connectivity index (χ4v) is 2.54. The highest BCUT2D eigenvalue weighted by molar-refractivity contribution is 9.09. The van der Waals surface area contributed by atoms with E-state index in [0.29, 0.717) is 6.42 Å². The van der Waals surface area contributed by atoms with Crippen LogP contribution in [0.2, 0.25) is 0 Å². The minimum absolute atomic E-state index is 0.170. The molecule has 16 heavy (non-hydrogen) atoms. The van der Waals surface area contributed by atoms with Crippen LogP contribution in [-0.4, -0.2) is 27.1 Å². The van der Waals surface area contributed by atoms with Crippen molar-refractivity contribution >= 4 is 27.7 Å². The third-order valence-corrected chi connectivity index (χ3v) is 3.30. The van der Waals surface area contributed by atoms with Gasteiger partial charge in [-0.2, -0.15) is 5.10 Å². The van der Waals surface area contributed by atoms with Crippen molar-refractivity contribution in [1.82, 2.24) is 9.78 Å². The lowest BCUT2D eigenvalue weighted by Crippen LogP contribution is -2.27. The number of alkyl halides is 1. The molecule has 1 saturated heterocycles. The van der Waals surface area contributed by atoms with Gasteiger partial charge < -0.3 is 0 Å². The summed E-state index contributed by atoms with van der Waals surface area (Å²) in [7, 11) is 0. The average molecular weight is 286 g/mol. The molecule has 1 aliphatic rings. The highest BCUT2D eigenvalue weighted by Gasteiger charge is 2.31. The number of rotatable bonds is 2. The van der Waals surface area contributed by atoms with Crippen LogP contribution in [0.1, 0.15) is 32.0 Å². The van der Waals surface area contributed by atoms with E-state index in [0.717, 1.165) is 18.1 Å². The summed E-state index contributed by atoms with van der Waals surface area (Å²) >= 11 is 3.49. The normalized spacial score (nSPS) is 21.2. The summed E-state index contributed by atoms with van der Waals surface area (Å²) in [6.07, 6.45) is 0.572. The third-order valence-electron chi connectivity index (χ3n) is 2.68. The zero-order chi connectivity index (χ0) is 11.9. The molecule has 1 aromatic rings. The van der Waals surface area contributed by atoms with Gasteiger partial charge in [-0.1, -0.05) is 15.9 Å². The first-order valence-corrected chi connectivity index (χ1v) is 6.41. The molecule has 4 nitrogen and oxygen atoms in total. The van der Waals surface area contributed by atoms with Gasteiger partial charge in [0.25, 0.3) is 0 Å². The largest absolute Gasteiger partial charge is 0.296 e. The van der Waals surface area contributed by atoms with E-state index in [4.69, 9.17) is 0 Å². The van der Waals surface area contributed by atoms with Crippen molar-refractivity contribution in [1.29, 1.82) is 0 Å². The topological polar surface area (TPSA) is 38.1 Å². The van der Waals surface area contributed by atoms with Gasteiger partial charge in [0.15, 0.2) is 0 Å². The number of carbonyl (C=O) groups is 1. The lowest BCUT2D eigenvalue weighted by Gasteiger charge is -2.19. The number of nitrogens with zero attached hydrogens (tertiary/aromatic N) is 3. The molecule has 0 aromatic carbocycles. The van der Waals surface area contributed by atoms with Crippen molar-refractivity contribution in [3.05, 3.63) is 11.8 Å². The Kier molecular flexibility index (Phi) is 3.06. The van der Waals surface area contributed by atoms with E-state index in [1.54, 1.807) is 0 Å². The van der Waals surface area contributed by atoms with E-state index in [-0.39, 0.29) is 16.8 Å². The van der Waals surface area contributed by atoms with Crippen LogP contribution < -0.4 is 4.90 Å². The van der Waals surface area contributed by atoms with E-state index in [1.165, 1.54) is 0 Å². The maximum Gasteiger partial charge on any atom is 0.229 e. The van der Waals surface area contributed by atoms with Crippen LogP contribution in [0.15, 0.2) is 6.07 Å². The SMILES string of the molecule is Cc1cc(N2CC(Br)CC2=O)n(C(C)C)n1. The summed E-state index contributed by atoms with van der Waals surface area (Å²) in [6.45, 7) is 6.83. The fraction of sp³-hybridized carbons (Fsp3) is 0.636. The zero-order valence-electron chi connectivity index (χ0n) is 9.77. The Morgan fingerprint density at radius 2 is 2.25 bits per heavy atom. The van der Waals surface area contributed by atoms with Gasteiger partial charge in [0, 0.05) is 29.9 Å². The smallest absolute Gasteiger partial charge is 0.229 e. The molecule has 88 valence electrons. The first-order chi connectivity index (χ1) is 7.49. The molecule has 0 N–H and O–H groups in total. The fourth-order valence-electron chi connectivity index (χ4n) is 1.97. The minimum atomic E-state index is 0.170. The number of aryl methyl sites for hydroxylation is 1. The number of amides is 1. The standard InChI is InChI=1S/C11H16BrN3O/c1-7(2)15-10(4-8(3)13-15)14-6-9(12)5-11(14)16/h4,7,9H,5-6H2,1-3H3. The molecule has 2 rings (SSSR count). The molecule has 1 unspecified atom stereocenters. The van der Waals surface area contributed by atoms with Gasteiger partial charge in [0.05, 0.1) is 5.69 Å². The molecule has 0 aliphatic carbocycles. The summed E-state index contributed by atoms with van der Waals surface area (Å²) in [4.78, 5) is 13.9. The molecule has 0 bridgehead atoms. The van der Waals surface area contributed by atoms with Crippen molar-refractivity contribution in [3.8, 4) is 0 Å². The van der Waals surface area contributed by atoms with Crippen LogP contribution in [-0.2, 0) is 4.79 Å². The van der Waals surface area contributed by atoms with Gasteiger partial charge in [-0.05, 0) is 20.8 Å². The molecule has 0 saturated carbocycles. The monoisotopic (exact) mass is 285 g/mol. The predicted octanol–water partition coefficient (Wildman–Crippen LogP) is 2.27. The Morgan fingerprint density at radius 3 is 2.75 bits per heavy atom. The Balaban J connectivity index is 2.36. The first-order valence-electron chi connectivity index (χ1n) is 5.49. The van der Waals surface area contributed by atoms with Crippen molar-refractivity contribution in [2.75, 3.05) is 11.4 Å². The molecule has 0 spiro atoms. The van der Waals surface area contributed by atoms with E-state index >= 15 is 0 Å². The second-order valence-electron chi connectivity index (χ2n) is 4.49. The number of halogens is 1. The summed E-state index contributed by atoms with van der Waals surface area (Å²) in [5, 5.41) is 4.42. The summed E-state index contributed by atoms with van der Waals surface area (Å²) in [6, 6.07) is 2.24. The van der Waals surface area contributed by atoms with Crippen LogP contribution >= 0.6 is 15.9 Å². The minimum Gasteiger partial charge on any atom is -0.296 e. The van der Waals surface area contributed by atoms with Crippen LogP contribution in [0.25, 0.3) is 0 Å². The molecular formula is C11H16BrN3O. The highest BCUT2D eigenvalue weighted by atomic mass is 79.9.